The number of rotatable bonds is 7. The summed E-state index contributed by atoms with van der Waals surface area (Å²) in [6.45, 7) is 4.34. The minimum absolute atomic E-state index is 0.146. The van der Waals surface area contributed by atoms with Gasteiger partial charge in [0, 0.05) is 17.1 Å². The topological polar surface area (TPSA) is 68.5 Å². The van der Waals surface area contributed by atoms with Crippen LogP contribution < -0.4 is 4.74 Å². The Morgan fingerprint density at radius 2 is 1.89 bits per heavy atom. The Bertz CT molecular complexity index is 881. The number of benzene rings is 2. The second-order valence-corrected chi connectivity index (χ2v) is 6.38. The third kappa shape index (κ3) is 4.86. The average Bonchev–Trinajstić information content (AvgIpc) is 3.15. The molecule has 0 spiro atoms. The molecule has 0 aliphatic carbocycles. The van der Waals surface area contributed by atoms with Crippen LogP contribution in [0.2, 0.25) is 5.02 Å². The van der Waals surface area contributed by atoms with Crippen LogP contribution in [0.4, 0.5) is 0 Å². The van der Waals surface area contributed by atoms with Gasteiger partial charge in [-0.1, -0.05) is 35.0 Å². The molecule has 1 atom stereocenters. The van der Waals surface area contributed by atoms with E-state index in [0.29, 0.717) is 29.0 Å². The van der Waals surface area contributed by atoms with Gasteiger partial charge < -0.3 is 14.2 Å². The minimum atomic E-state index is -0.619. The second-order valence-electron chi connectivity index (χ2n) is 5.94. The smallest absolute Gasteiger partial charge is 0.263 e. The summed E-state index contributed by atoms with van der Waals surface area (Å²) >= 11 is 5.89. The molecule has 1 aromatic heterocycles. The van der Waals surface area contributed by atoms with E-state index in [0.717, 1.165) is 5.56 Å². The Labute approximate surface area is 162 Å². The van der Waals surface area contributed by atoms with Crippen LogP contribution in [-0.2, 0) is 11.3 Å². The first-order valence-electron chi connectivity index (χ1n) is 8.66. The quantitative estimate of drug-likeness (QED) is 0.609. The van der Waals surface area contributed by atoms with Gasteiger partial charge in [0.1, 0.15) is 12.3 Å². The van der Waals surface area contributed by atoms with Gasteiger partial charge in [0.05, 0.1) is 0 Å². The molecule has 3 aromatic rings. The van der Waals surface area contributed by atoms with Crippen molar-refractivity contribution in [2.45, 2.75) is 26.5 Å². The van der Waals surface area contributed by atoms with Gasteiger partial charge in [0.2, 0.25) is 11.7 Å². The summed E-state index contributed by atoms with van der Waals surface area (Å²) < 4.78 is 11.0. The summed E-state index contributed by atoms with van der Waals surface area (Å²) in [6, 6.07) is 16.4. The lowest BCUT2D eigenvalue weighted by molar-refractivity contribution is -0.138. The maximum absolute atomic E-state index is 12.7. The highest BCUT2D eigenvalue weighted by atomic mass is 35.5. The van der Waals surface area contributed by atoms with Crippen molar-refractivity contribution < 1.29 is 14.1 Å². The van der Waals surface area contributed by atoms with Crippen molar-refractivity contribution in [1.82, 2.24) is 15.0 Å². The highest BCUT2D eigenvalue weighted by molar-refractivity contribution is 6.30. The molecule has 0 unspecified atom stereocenters. The van der Waals surface area contributed by atoms with Crippen molar-refractivity contribution in [2.24, 2.45) is 0 Å². The summed E-state index contributed by atoms with van der Waals surface area (Å²) in [7, 11) is 0. The molecule has 1 heterocycles. The number of nitrogens with zero attached hydrogens (tertiary/aromatic N) is 3. The van der Waals surface area contributed by atoms with Gasteiger partial charge in [0.25, 0.3) is 5.91 Å². The maximum Gasteiger partial charge on any atom is 0.263 e. The molecular weight excluding hydrogens is 366 g/mol. The summed E-state index contributed by atoms with van der Waals surface area (Å²) in [5.41, 5.74) is 0.796. The number of para-hydroxylation sites is 1. The van der Waals surface area contributed by atoms with E-state index in [-0.39, 0.29) is 12.5 Å². The summed E-state index contributed by atoms with van der Waals surface area (Å²) in [4.78, 5) is 18.7. The molecule has 3 rings (SSSR count). The Hall–Kier alpha value is -2.86. The standard InChI is InChI=1S/C20H20ClN3O3/c1-3-24(20(25)14(2)26-17-7-5-4-6-8-17)13-18-22-19(23-27-18)15-9-11-16(21)12-10-15/h4-12,14H,3,13H2,1-2H3/t14-/m0/s1. The van der Waals surface area contributed by atoms with Crippen LogP contribution in [-0.4, -0.2) is 33.6 Å². The summed E-state index contributed by atoms with van der Waals surface area (Å²) in [5, 5.41) is 4.61. The van der Waals surface area contributed by atoms with Crippen molar-refractivity contribution in [3.05, 3.63) is 65.5 Å². The van der Waals surface area contributed by atoms with Gasteiger partial charge >= 0.3 is 0 Å². The van der Waals surface area contributed by atoms with Crippen molar-refractivity contribution in [3.8, 4) is 17.1 Å². The molecule has 0 saturated heterocycles. The molecule has 1 amide bonds. The molecule has 7 heteroatoms. The average molecular weight is 386 g/mol. The molecule has 2 aromatic carbocycles. The number of amides is 1. The molecule has 0 bridgehead atoms. The van der Waals surface area contributed by atoms with Crippen LogP contribution in [0, 0.1) is 0 Å². The number of halogens is 1. The Balaban J connectivity index is 1.66. The Morgan fingerprint density at radius 1 is 1.19 bits per heavy atom. The van der Waals surface area contributed by atoms with E-state index in [2.05, 4.69) is 10.1 Å². The predicted octanol–water partition coefficient (Wildman–Crippen LogP) is 4.21. The molecule has 0 aliphatic rings. The zero-order valence-corrected chi connectivity index (χ0v) is 15.9. The van der Waals surface area contributed by atoms with Gasteiger partial charge in [-0.2, -0.15) is 4.98 Å². The van der Waals surface area contributed by atoms with Gasteiger partial charge in [-0.05, 0) is 50.2 Å². The van der Waals surface area contributed by atoms with E-state index in [1.165, 1.54) is 0 Å². The highest BCUT2D eigenvalue weighted by Gasteiger charge is 2.23. The lowest BCUT2D eigenvalue weighted by atomic mass is 10.2. The van der Waals surface area contributed by atoms with Crippen LogP contribution in [0.5, 0.6) is 5.75 Å². The monoisotopic (exact) mass is 385 g/mol. The van der Waals surface area contributed by atoms with Gasteiger partial charge in [-0.25, -0.2) is 0 Å². The predicted molar refractivity (Wildman–Crippen MR) is 102 cm³/mol. The molecule has 0 N–H and O–H groups in total. The van der Waals surface area contributed by atoms with E-state index in [4.69, 9.17) is 20.9 Å². The van der Waals surface area contributed by atoms with E-state index in [1.807, 2.05) is 49.4 Å². The van der Waals surface area contributed by atoms with Crippen LogP contribution in [0.15, 0.2) is 59.1 Å². The fourth-order valence-corrected chi connectivity index (χ4v) is 2.68. The second kappa shape index (κ2) is 8.68. The first-order chi connectivity index (χ1) is 13.1. The van der Waals surface area contributed by atoms with Gasteiger partial charge in [-0.3, -0.25) is 4.79 Å². The molecule has 0 aliphatic heterocycles. The first kappa shape index (κ1) is 18.9. The van der Waals surface area contributed by atoms with Gasteiger partial charge in [-0.15, -0.1) is 0 Å². The van der Waals surface area contributed by atoms with Crippen LogP contribution in [0.1, 0.15) is 19.7 Å². The van der Waals surface area contributed by atoms with Crippen molar-refractivity contribution in [3.63, 3.8) is 0 Å². The molecule has 6 nitrogen and oxygen atoms in total. The van der Waals surface area contributed by atoms with Crippen LogP contribution in [0.25, 0.3) is 11.4 Å². The zero-order valence-electron chi connectivity index (χ0n) is 15.1. The van der Waals surface area contributed by atoms with Crippen molar-refractivity contribution in [1.29, 1.82) is 0 Å². The third-order valence-electron chi connectivity index (χ3n) is 3.99. The third-order valence-corrected chi connectivity index (χ3v) is 4.25. The lowest BCUT2D eigenvalue weighted by Gasteiger charge is -2.23. The van der Waals surface area contributed by atoms with Crippen LogP contribution in [0.3, 0.4) is 0 Å². The van der Waals surface area contributed by atoms with E-state index in [1.54, 1.807) is 24.0 Å². The molecule has 0 saturated carbocycles. The molecule has 27 heavy (non-hydrogen) atoms. The lowest BCUT2D eigenvalue weighted by Crippen LogP contribution is -2.40. The number of aromatic nitrogens is 2. The SMILES string of the molecule is CCN(Cc1nc(-c2ccc(Cl)cc2)no1)C(=O)[C@H](C)Oc1ccccc1. The Morgan fingerprint density at radius 3 is 2.56 bits per heavy atom. The minimum Gasteiger partial charge on any atom is -0.481 e. The number of likely N-dealkylation sites (N-methyl/N-ethyl adjacent to an activating group) is 1. The molecule has 140 valence electrons. The van der Waals surface area contributed by atoms with E-state index in [9.17, 15) is 4.79 Å². The molecule has 0 fully saturated rings. The summed E-state index contributed by atoms with van der Waals surface area (Å²) in [6.07, 6.45) is -0.619. The van der Waals surface area contributed by atoms with Gasteiger partial charge in [0.15, 0.2) is 6.10 Å². The van der Waals surface area contributed by atoms with Crippen molar-refractivity contribution in [2.75, 3.05) is 6.54 Å². The number of carbonyl (C=O) groups is 1. The summed E-state index contributed by atoms with van der Waals surface area (Å²) in [5.74, 6) is 1.32. The van der Waals surface area contributed by atoms with Crippen molar-refractivity contribution >= 4 is 17.5 Å². The largest absolute Gasteiger partial charge is 0.481 e. The normalized spacial score (nSPS) is 11.8. The zero-order chi connectivity index (χ0) is 19.2. The number of hydrogen-bond donors (Lipinski definition) is 0. The Kier molecular flexibility index (Phi) is 6.08. The fraction of sp³-hybridized carbons (Fsp3) is 0.250. The van der Waals surface area contributed by atoms with E-state index >= 15 is 0 Å². The number of hydrogen-bond acceptors (Lipinski definition) is 5. The fourth-order valence-electron chi connectivity index (χ4n) is 2.55. The highest BCUT2D eigenvalue weighted by Crippen LogP contribution is 2.19. The molecular formula is C20H20ClN3O3. The number of ether oxygens (including phenoxy) is 1. The van der Waals surface area contributed by atoms with Crippen LogP contribution >= 0.6 is 11.6 Å². The molecule has 0 radical (unpaired) electrons. The maximum atomic E-state index is 12.7. The van der Waals surface area contributed by atoms with E-state index < -0.39 is 6.10 Å². The first-order valence-corrected chi connectivity index (χ1v) is 9.03. The number of carbonyl (C=O) groups excluding carboxylic acids is 1.